The van der Waals surface area contributed by atoms with Gasteiger partial charge in [0.25, 0.3) is 5.91 Å². The number of rotatable bonds is 3. The molecule has 1 N–H and O–H groups in total. The van der Waals surface area contributed by atoms with E-state index in [0.717, 1.165) is 24.3 Å². The summed E-state index contributed by atoms with van der Waals surface area (Å²) in [5, 5.41) is 8.78. The summed E-state index contributed by atoms with van der Waals surface area (Å²) >= 11 is 1.56. The summed E-state index contributed by atoms with van der Waals surface area (Å²) in [6.45, 7) is 1.34. The fraction of sp³-hybridized carbons (Fsp3) is 0.385. The van der Waals surface area contributed by atoms with Crippen LogP contribution in [0.2, 0.25) is 0 Å². The van der Waals surface area contributed by atoms with Crippen molar-refractivity contribution in [1.29, 1.82) is 0 Å². The summed E-state index contributed by atoms with van der Waals surface area (Å²) in [7, 11) is 0. The van der Waals surface area contributed by atoms with Gasteiger partial charge < -0.3 is 14.6 Å². The van der Waals surface area contributed by atoms with E-state index < -0.39 is 0 Å². The Morgan fingerprint density at radius 3 is 3.21 bits per heavy atom. The van der Waals surface area contributed by atoms with Crippen molar-refractivity contribution < 1.29 is 14.1 Å². The number of ether oxygens (including phenoxy) is 1. The molecule has 3 rings (SSSR count). The van der Waals surface area contributed by atoms with Crippen molar-refractivity contribution in [3.63, 3.8) is 0 Å². The number of thiophene rings is 1. The molecule has 0 radical (unpaired) electrons. The Labute approximate surface area is 114 Å². The maximum Gasteiger partial charge on any atom is 0.290 e. The molecule has 3 heterocycles. The van der Waals surface area contributed by atoms with Gasteiger partial charge in [-0.25, -0.2) is 0 Å². The first-order valence-electron chi connectivity index (χ1n) is 6.22. The van der Waals surface area contributed by atoms with E-state index in [4.69, 9.17) is 9.26 Å². The van der Waals surface area contributed by atoms with E-state index >= 15 is 0 Å². The minimum absolute atomic E-state index is 0.0662. The third-order valence-corrected chi connectivity index (χ3v) is 3.90. The molecule has 19 heavy (non-hydrogen) atoms. The third-order valence-electron chi connectivity index (χ3n) is 3.00. The highest BCUT2D eigenvalue weighted by Crippen LogP contribution is 2.24. The first-order chi connectivity index (χ1) is 9.33. The molecule has 0 unspecified atom stereocenters. The van der Waals surface area contributed by atoms with Crippen LogP contribution in [-0.2, 0) is 4.74 Å². The minimum atomic E-state index is -0.231. The second-order valence-corrected chi connectivity index (χ2v) is 5.39. The Morgan fingerprint density at radius 2 is 2.47 bits per heavy atom. The fourth-order valence-electron chi connectivity index (χ4n) is 2.03. The predicted octanol–water partition coefficient (Wildman–Crippen LogP) is 2.31. The summed E-state index contributed by atoms with van der Waals surface area (Å²) in [4.78, 5) is 13.0. The van der Waals surface area contributed by atoms with Gasteiger partial charge in [-0.1, -0.05) is 11.2 Å². The van der Waals surface area contributed by atoms with Crippen molar-refractivity contribution in [2.75, 3.05) is 13.2 Å². The zero-order valence-electron chi connectivity index (χ0n) is 10.3. The molecule has 0 aromatic carbocycles. The Morgan fingerprint density at radius 1 is 1.53 bits per heavy atom. The van der Waals surface area contributed by atoms with Crippen LogP contribution in [0.25, 0.3) is 10.6 Å². The van der Waals surface area contributed by atoms with Crippen LogP contribution >= 0.6 is 11.3 Å². The Hall–Kier alpha value is -1.66. The minimum Gasteiger partial charge on any atom is -0.379 e. The highest BCUT2D eigenvalue weighted by atomic mass is 32.1. The molecule has 2 aromatic rings. The second-order valence-electron chi connectivity index (χ2n) is 4.44. The average molecular weight is 278 g/mol. The molecule has 0 aliphatic carbocycles. The van der Waals surface area contributed by atoms with Crippen LogP contribution in [0.15, 0.2) is 28.1 Å². The first kappa shape index (κ1) is 12.4. The molecule has 1 fully saturated rings. The number of hydrogen-bond donors (Lipinski definition) is 1. The van der Waals surface area contributed by atoms with Crippen molar-refractivity contribution in [2.45, 2.75) is 18.9 Å². The van der Waals surface area contributed by atoms with Gasteiger partial charge in [0, 0.05) is 12.7 Å². The number of nitrogens with one attached hydrogen (secondary N) is 1. The molecule has 1 saturated heterocycles. The SMILES string of the molecule is O=C(N[C@H]1CCCOC1)c1cc(-c2cccs2)no1. The molecule has 1 atom stereocenters. The van der Waals surface area contributed by atoms with E-state index in [2.05, 4.69) is 10.5 Å². The standard InChI is InChI=1S/C13H14N2O3S/c16-13(14-9-3-1-5-17-8-9)11-7-10(15-18-11)12-4-2-6-19-12/h2,4,6-7,9H,1,3,5,8H2,(H,14,16)/t9-/m0/s1. The van der Waals surface area contributed by atoms with Gasteiger partial charge in [0.1, 0.15) is 5.69 Å². The van der Waals surface area contributed by atoms with Gasteiger partial charge in [-0.05, 0) is 24.3 Å². The van der Waals surface area contributed by atoms with Crippen LogP contribution in [0.4, 0.5) is 0 Å². The highest BCUT2D eigenvalue weighted by molar-refractivity contribution is 7.13. The topological polar surface area (TPSA) is 64.4 Å². The normalized spacial score (nSPS) is 19.3. The van der Waals surface area contributed by atoms with E-state index in [-0.39, 0.29) is 17.7 Å². The van der Waals surface area contributed by atoms with Crippen LogP contribution in [-0.4, -0.2) is 30.3 Å². The lowest BCUT2D eigenvalue weighted by Gasteiger charge is -2.22. The Bertz CT molecular complexity index is 544. The highest BCUT2D eigenvalue weighted by Gasteiger charge is 2.20. The smallest absolute Gasteiger partial charge is 0.290 e. The lowest BCUT2D eigenvalue weighted by molar-refractivity contribution is 0.0608. The van der Waals surface area contributed by atoms with E-state index in [1.54, 1.807) is 17.4 Å². The molecule has 0 spiro atoms. The van der Waals surface area contributed by atoms with Gasteiger partial charge >= 0.3 is 0 Å². The van der Waals surface area contributed by atoms with E-state index in [1.165, 1.54) is 0 Å². The predicted molar refractivity (Wildman–Crippen MR) is 71.1 cm³/mol. The molecule has 1 amide bonds. The number of amides is 1. The van der Waals surface area contributed by atoms with Crippen molar-refractivity contribution in [1.82, 2.24) is 10.5 Å². The number of nitrogens with zero attached hydrogens (tertiary/aromatic N) is 1. The third kappa shape index (κ3) is 2.85. The van der Waals surface area contributed by atoms with Crippen molar-refractivity contribution >= 4 is 17.2 Å². The molecule has 5 nitrogen and oxygen atoms in total. The fourth-order valence-corrected chi connectivity index (χ4v) is 2.71. The van der Waals surface area contributed by atoms with Crippen molar-refractivity contribution in [3.05, 3.63) is 29.3 Å². The molecule has 100 valence electrons. The largest absolute Gasteiger partial charge is 0.379 e. The van der Waals surface area contributed by atoms with Gasteiger partial charge in [0.2, 0.25) is 5.76 Å². The van der Waals surface area contributed by atoms with Crippen LogP contribution in [0.3, 0.4) is 0 Å². The van der Waals surface area contributed by atoms with Gasteiger partial charge in [-0.3, -0.25) is 4.79 Å². The number of carbonyl (C=O) groups is 1. The molecule has 1 aliphatic rings. The summed E-state index contributed by atoms with van der Waals surface area (Å²) in [5.74, 6) is 0.0137. The summed E-state index contributed by atoms with van der Waals surface area (Å²) in [5.41, 5.74) is 0.694. The van der Waals surface area contributed by atoms with Crippen molar-refractivity contribution in [2.24, 2.45) is 0 Å². The monoisotopic (exact) mass is 278 g/mol. The number of carbonyl (C=O) groups excluding carboxylic acids is 1. The maximum atomic E-state index is 12.0. The van der Waals surface area contributed by atoms with Crippen LogP contribution in [0.1, 0.15) is 23.4 Å². The van der Waals surface area contributed by atoms with E-state index in [0.29, 0.717) is 12.3 Å². The lowest BCUT2D eigenvalue weighted by Crippen LogP contribution is -2.40. The molecular formula is C13H14N2O3S. The Balaban J connectivity index is 1.67. The van der Waals surface area contributed by atoms with E-state index in [9.17, 15) is 4.79 Å². The molecule has 0 bridgehead atoms. The van der Waals surface area contributed by atoms with Gasteiger partial charge in [-0.2, -0.15) is 0 Å². The van der Waals surface area contributed by atoms with Gasteiger partial charge in [0.15, 0.2) is 0 Å². The summed E-state index contributed by atoms with van der Waals surface area (Å²) < 4.78 is 10.4. The summed E-state index contributed by atoms with van der Waals surface area (Å²) in [6, 6.07) is 5.62. The molecular weight excluding hydrogens is 264 g/mol. The van der Waals surface area contributed by atoms with Crippen LogP contribution in [0.5, 0.6) is 0 Å². The molecule has 2 aromatic heterocycles. The van der Waals surface area contributed by atoms with Crippen LogP contribution in [0, 0.1) is 0 Å². The summed E-state index contributed by atoms with van der Waals surface area (Å²) in [6.07, 6.45) is 1.92. The molecule has 1 aliphatic heterocycles. The maximum absolute atomic E-state index is 12.0. The van der Waals surface area contributed by atoms with Gasteiger partial charge in [-0.15, -0.1) is 11.3 Å². The van der Waals surface area contributed by atoms with Crippen molar-refractivity contribution in [3.8, 4) is 10.6 Å². The average Bonchev–Trinajstić information content (AvgIpc) is 3.11. The quantitative estimate of drug-likeness (QED) is 0.935. The van der Waals surface area contributed by atoms with Crippen LogP contribution < -0.4 is 5.32 Å². The second kappa shape index (κ2) is 5.54. The first-order valence-corrected chi connectivity index (χ1v) is 7.10. The number of aromatic nitrogens is 1. The van der Waals surface area contributed by atoms with E-state index in [1.807, 2.05) is 17.5 Å². The zero-order chi connectivity index (χ0) is 13.1. The zero-order valence-corrected chi connectivity index (χ0v) is 11.1. The Kier molecular flexibility index (Phi) is 3.61. The molecule has 6 heteroatoms. The molecule has 0 saturated carbocycles. The van der Waals surface area contributed by atoms with Gasteiger partial charge in [0.05, 0.1) is 17.5 Å². The lowest BCUT2D eigenvalue weighted by atomic mass is 10.1. The number of hydrogen-bond acceptors (Lipinski definition) is 5.